The van der Waals surface area contributed by atoms with Gasteiger partial charge < -0.3 is 5.32 Å². The van der Waals surface area contributed by atoms with Crippen LogP contribution >= 0.6 is 0 Å². The second-order valence-corrected chi connectivity index (χ2v) is 9.37. The van der Waals surface area contributed by atoms with Gasteiger partial charge in [0.25, 0.3) is 15.9 Å². The summed E-state index contributed by atoms with van der Waals surface area (Å²) in [6, 6.07) is 16.0. The number of fused-ring (bicyclic) bond motifs is 3. The average molecular weight is 407 g/mol. The van der Waals surface area contributed by atoms with E-state index < -0.39 is 10.0 Å². The van der Waals surface area contributed by atoms with Crippen LogP contribution in [0, 0.1) is 20.8 Å². The van der Waals surface area contributed by atoms with Crippen molar-refractivity contribution in [1.82, 2.24) is 0 Å². The Balaban J connectivity index is 1.78. The first kappa shape index (κ1) is 19.2. The molecule has 29 heavy (non-hydrogen) atoms. The molecule has 5 nitrogen and oxygen atoms in total. The molecular formula is C23H22N2O3S. The van der Waals surface area contributed by atoms with Crippen molar-refractivity contribution in [2.24, 2.45) is 0 Å². The summed E-state index contributed by atoms with van der Waals surface area (Å²) in [5.41, 5.74) is 6.33. The molecule has 0 unspecified atom stereocenters. The quantitative estimate of drug-likeness (QED) is 0.673. The highest BCUT2D eigenvalue weighted by atomic mass is 32.2. The zero-order valence-corrected chi connectivity index (χ0v) is 17.6. The summed E-state index contributed by atoms with van der Waals surface area (Å²) in [7, 11) is -2.07. The third kappa shape index (κ3) is 3.09. The van der Waals surface area contributed by atoms with E-state index in [1.54, 1.807) is 42.5 Å². The lowest BCUT2D eigenvalue weighted by atomic mass is 9.99. The molecule has 1 N–H and O–H groups in total. The van der Waals surface area contributed by atoms with Crippen LogP contribution in [0.5, 0.6) is 0 Å². The Morgan fingerprint density at radius 2 is 1.55 bits per heavy atom. The van der Waals surface area contributed by atoms with Gasteiger partial charge in [0.2, 0.25) is 0 Å². The van der Waals surface area contributed by atoms with Crippen molar-refractivity contribution < 1.29 is 13.2 Å². The van der Waals surface area contributed by atoms with E-state index in [0.717, 1.165) is 27.9 Å². The fourth-order valence-corrected chi connectivity index (χ4v) is 5.34. The summed E-state index contributed by atoms with van der Waals surface area (Å²) in [6.07, 6.45) is 0. The smallest absolute Gasteiger partial charge is 0.264 e. The molecule has 0 atom stereocenters. The Morgan fingerprint density at radius 1 is 0.897 bits per heavy atom. The van der Waals surface area contributed by atoms with Crippen LogP contribution in [0.2, 0.25) is 0 Å². The maximum atomic E-state index is 13.0. The van der Waals surface area contributed by atoms with Crippen molar-refractivity contribution >= 4 is 27.3 Å². The lowest BCUT2D eigenvalue weighted by Crippen LogP contribution is -2.30. The zero-order valence-electron chi connectivity index (χ0n) is 16.8. The lowest BCUT2D eigenvalue weighted by molar-refractivity contribution is 0.102. The van der Waals surface area contributed by atoms with Crippen LogP contribution in [0.3, 0.4) is 0 Å². The molecule has 1 aliphatic rings. The summed E-state index contributed by atoms with van der Waals surface area (Å²) in [5.74, 6) is -0.226. The summed E-state index contributed by atoms with van der Waals surface area (Å²) in [5, 5.41) is 3.01. The standard InChI is InChI=1S/C23H22N2O3S/c1-14-11-15(2)22(16(3)12-14)24-23(26)17-9-10-20-19(13-17)18-7-5-6-8-21(18)29(27,28)25(20)4/h5-13H,1-4H3,(H,24,26). The van der Waals surface area contributed by atoms with Crippen molar-refractivity contribution in [1.29, 1.82) is 0 Å². The van der Waals surface area contributed by atoms with Crippen molar-refractivity contribution in [3.63, 3.8) is 0 Å². The average Bonchev–Trinajstić information content (AvgIpc) is 2.68. The van der Waals surface area contributed by atoms with Crippen LogP contribution in [-0.4, -0.2) is 21.4 Å². The van der Waals surface area contributed by atoms with Gasteiger partial charge in [-0.25, -0.2) is 8.42 Å². The van der Waals surface area contributed by atoms with Crippen LogP contribution in [-0.2, 0) is 10.0 Å². The SMILES string of the molecule is Cc1cc(C)c(NC(=O)c2ccc3c(c2)-c2ccccc2S(=O)(=O)N3C)c(C)c1. The molecule has 0 fully saturated rings. The largest absolute Gasteiger partial charge is 0.322 e. The Bertz CT molecular complexity index is 1240. The summed E-state index contributed by atoms with van der Waals surface area (Å²) in [4.78, 5) is 13.2. The van der Waals surface area contributed by atoms with E-state index in [1.807, 2.05) is 32.9 Å². The molecule has 6 heteroatoms. The number of amides is 1. The van der Waals surface area contributed by atoms with Gasteiger partial charge >= 0.3 is 0 Å². The van der Waals surface area contributed by atoms with Gasteiger partial charge in [-0.2, -0.15) is 0 Å². The molecule has 3 aromatic rings. The normalized spacial score (nSPS) is 14.1. The molecule has 0 spiro atoms. The number of benzene rings is 3. The van der Waals surface area contributed by atoms with Gasteiger partial charge in [-0.05, 0) is 56.2 Å². The van der Waals surface area contributed by atoms with Gasteiger partial charge in [-0.1, -0.05) is 35.9 Å². The van der Waals surface area contributed by atoms with Crippen molar-refractivity contribution in [3.05, 3.63) is 76.9 Å². The summed E-state index contributed by atoms with van der Waals surface area (Å²) < 4.78 is 26.8. The third-order valence-electron chi connectivity index (χ3n) is 5.33. The molecule has 0 aliphatic carbocycles. The highest BCUT2D eigenvalue weighted by Gasteiger charge is 2.32. The predicted molar refractivity (Wildman–Crippen MR) is 116 cm³/mol. The fraction of sp³-hybridized carbons (Fsp3) is 0.174. The summed E-state index contributed by atoms with van der Waals surface area (Å²) >= 11 is 0. The number of sulfonamides is 1. The van der Waals surface area contributed by atoms with Crippen molar-refractivity contribution in [3.8, 4) is 11.1 Å². The first-order valence-corrected chi connectivity index (χ1v) is 10.8. The maximum absolute atomic E-state index is 13.0. The molecule has 0 saturated carbocycles. The van der Waals surface area contributed by atoms with Gasteiger partial charge in [0.05, 0.1) is 10.6 Å². The van der Waals surface area contributed by atoms with Crippen molar-refractivity contribution in [2.75, 3.05) is 16.7 Å². The van der Waals surface area contributed by atoms with E-state index >= 15 is 0 Å². The van der Waals surface area contributed by atoms with Gasteiger partial charge in [-0.3, -0.25) is 9.10 Å². The first-order chi connectivity index (χ1) is 13.7. The van der Waals surface area contributed by atoms with Crippen LogP contribution in [0.15, 0.2) is 59.5 Å². The van der Waals surface area contributed by atoms with E-state index in [-0.39, 0.29) is 10.8 Å². The van der Waals surface area contributed by atoms with E-state index in [9.17, 15) is 13.2 Å². The number of nitrogens with one attached hydrogen (secondary N) is 1. The van der Waals surface area contributed by atoms with E-state index in [4.69, 9.17) is 0 Å². The minimum atomic E-state index is -3.60. The van der Waals surface area contributed by atoms with E-state index in [0.29, 0.717) is 16.8 Å². The Kier molecular flexibility index (Phi) is 4.46. The number of aryl methyl sites for hydroxylation is 3. The third-order valence-corrected chi connectivity index (χ3v) is 7.16. The van der Waals surface area contributed by atoms with Crippen molar-refractivity contribution in [2.45, 2.75) is 25.7 Å². The predicted octanol–water partition coefficient (Wildman–Crippen LogP) is 4.67. The number of carbonyl (C=O) groups is 1. The number of hydrogen-bond donors (Lipinski definition) is 1. The molecule has 3 aromatic carbocycles. The molecule has 1 aliphatic heterocycles. The molecular weight excluding hydrogens is 384 g/mol. The molecule has 0 radical (unpaired) electrons. The molecule has 0 aromatic heterocycles. The number of nitrogens with zero attached hydrogens (tertiary/aromatic N) is 1. The molecule has 1 heterocycles. The Hall–Kier alpha value is -3.12. The Morgan fingerprint density at radius 3 is 2.24 bits per heavy atom. The van der Waals surface area contributed by atoms with Crippen LogP contribution in [0.4, 0.5) is 11.4 Å². The number of anilines is 2. The lowest BCUT2D eigenvalue weighted by Gasteiger charge is -2.29. The maximum Gasteiger partial charge on any atom is 0.264 e. The fourth-order valence-electron chi connectivity index (χ4n) is 3.92. The molecule has 1 amide bonds. The number of rotatable bonds is 2. The highest BCUT2D eigenvalue weighted by molar-refractivity contribution is 7.93. The van der Waals surface area contributed by atoms with Gasteiger partial charge in [0.1, 0.15) is 0 Å². The highest BCUT2D eigenvalue weighted by Crippen LogP contribution is 2.42. The second kappa shape index (κ2) is 6.74. The molecule has 0 bridgehead atoms. The first-order valence-electron chi connectivity index (χ1n) is 9.32. The molecule has 0 saturated heterocycles. The minimum Gasteiger partial charge on any atom is -0.322 e. The topological polar surface area (TPSA) is 66.5 Å². The Labute approximate surface area is 171 Å². The molecule has 4 rings (SSSR count). The van der Waals surface area contributed by atoms with E-state index in [2.05, 4.69) is 5.32 Å². The van der Waals surface area contributed by atoms with Crippen LogP contribution in [0.1, 0.15) is 27.0 Å². The van der Waals surface area contributed by atoms with Crippen LogP contribution in [0.25, 0.3) is 11.1 Å². The minimum absolute atomic E-state index is 0.226. The zero-order chi connectivity index (χ0) is 20.9. The van der Waals surface area contributed by atoms with Gasteiger partial charge in [0.15, 0.2) is 0 Å². The number of hydrogen-bond acceptors (Lipinski definition) is 3. The number of carbonyl (C=O) groups excluding carboxylic acids is 1. The summed E-state index contributed by atoms with van der Waals surface area (Å²) in [6.45, 7) is 5.97. The molecule has 148 valence electrons. The van der Waals surface area contributed by atoms with Crippen LogP contribution < -0.4 is 9.62 Å². The monoisotopic (exact) mass is 406 g/mol. The second-order valence-electron chi connectivity index (χ2n) is 7.43. The van der Waals surface area contributed by atoms with Gasteiger partial charge in [0, 0.05) is 29.4 Å². The van der Waals surface area contributed by atoms with Gasteiger partial charge in [-0.15, -0.1) is 0 Å². The van der Waals surface area contributed by atoms with E-state index in [1.165, 1.54) is 11.4 Å².